The average Bonchev–Trinajstić information content (AvgIpc) is 2.81. The number of carbonyl (C=O) groups excluding carboxylic acids is 2. The minimum atomic E-state index is -1.54. The van der Waals surface area contributed by atoms with Crippen LogP contribution in [0, 0.1) is 5.41 Å². The fourth-order valence-electron chi connectivity index (χ4n) is 4.88. The summed E-state index contributed by atoms with van der Waals surface area (Å²) in [4.78, 5) is 26.4. The van der Waals surface area contributed by atoms with Crippen LogP contribution in [0.15, 0.2) is 36.4 Å². The Labute approximate surface area is 181 Å². The highest BCUT2D eigenvalue weighted by Gasteiger charge is 2.47. The lowest BCUT2D eigenvalue weighted by Gasteiger charge is -2.39. The van der Waals surface area contributed by atoms with Crippen LogP contribution in [-0.4, -0.2) is 48.2 Å². The van der Waals surface area contributed by atoms with E-state index in [1.54, 1.807) is 38.5 Å². The molecule has 2 aromatic carbocycles. The third-order valence-electron chi connectivity index (χ3n) is 7.02. The first-order valence-electron chi connectivity index (χ1n) is 10.6. The normalized spacial score (nSPS) is 25.0. The number of ether oxygens (including phenoxy) is 2. The lowest BCUT2D eigenvalue weighted by Crippen LogP contribution is -2.46. The van der Waals surface area contributed by atoms with Gasteiger partial charge in [0.25, 0.3) is 0 Å². The van der Waals surface area contributed by atoms with Crippen molar-refractivity contribution in [1.29, 1.82) is 0 Å². The standard InChI is InChI=1S/C25H28O6/c1-30-18-3-5-20-16(13-18)7-9-24(15-26,22(20)27)11-12-25(29)10-8-17-14-19(31-2)4-6-21(17)23(25)28/h3-6,13-14,26,29H,7-12,15H2,1-2H3/t24-,25-/m0/s1. The number of ketones is 2. The van der Waals surface area contributed by atoms with Crippen LogP contribution in [0.1, 0.15) is 57.5 Å². The number of hydrogen-bond donors (Lipinski definition) is 2. The third-order valence-corrected chi connectivity index (χ3v) is 7.02. The molecule has 2 aliphatic rings. The van der Waals surface area contributed by atoms with Gasteiger partial charge < -0.3 is 19.7 Å². The average molecular weight is 424 g/mol. The highest BCUT2D eigenvalue weighted by Crippen LogP contribution is 2.43. The van der Waals surface area contributed by atoms with Crippen molar-refractivity contribution in [3.05, 3.63) is 58.7 Å². The Morgan fingerprint density at radius 3 is 1.94 bits per heavy atom. The highest BCUT2D eigenvalue weighted by atomic mass is 16.5. The summed E-state index contributed by atoms with van der Waals surface area (Å²) in [6.45, 7) is -0.310. The first-order chi connectivity index (χ1) is 14.9. The number of aliphatic hydroxyl groups excluding tert-OH is 1. The van der Waals surface area contributed by atoms with Gasteiger partial charge in [-0.05, 0) is 86.1 Å². The quantitative estimate of drug-likeness (QED) is 0.740. The maximum absolute atomic E-state index is 13.3. The van der Waals surface area contributed by atoms with E-state index in [2.05, 4.69) is 0 Å². The molecule has 0 radical (unpaired) electrons. The van der Waals surface area contributed by atoms with Gasteiger partial charge in [0.15, 0.2) is 11.6 Å². The Morgan fingerprint density at radius 1 is 0.839 bits per heavy atom. The zero-order valence-corrected chi connectivity index (χ0v) is 17.9. The molecule has 164 valence electrons. The number of aryl methyl sites for hydroxylation is 2. The predicted octanol–water partition coefficient (Wildman–Crippen LogP) is 3.15. The van der Waals surface area contributed by atoms with E-state index < -0.39 is 11.0 Å². The Kier molecular flexibility index (Phi) is 5.62. The van der Waals surface area contributed by atoms with Gasteiger partial charge in [-0.15, -0.1) is 0 Å². The molecule has 0 aromatic heterocycles. The van der Waals surface area contributed by atoms with E-state index in [-0.39, 0.29) is 37.4 Å². The van der Waals surface area contributed by atoms with Crippen molar-refractivity contribution in [2.75, 3.05) is 20.8 Å². The summed E-state index contributed by atoms with van der Waals surface area (Å²) in [6, 6.07) is 10.6. The summed E-state index contributed by atoms with van der Waals surface area (Å²) < 4.78 is 10.5. The first-order valence-corrected chi connectivity index (χ1v) is 10.6. The molecular formula is C25H28O6. The molecule has 0 fully saturated rings. The van der Waals surface area contributed by atoms with Gasteiger partial charge in [0.2, 0.25) is 0 Å². The molecule has 0 aliphatic heterocycles. The zero-order valence-electron chi connectivity index (χ0n) is 17.9. The molecule has 31 heavy (non-hydrogen) atoms. The van der Waals surface area contributed by atoms with Gasteiger partial charge in [-0.2, -0.15) is 0 Å². The van der Waals surface area contributed by atoms with Crippen LogP contribution < -0.4 is 9.47 Å². The van der Waals surface area contributed by atoms with Crippen molar-refractivity contribution in [3.8, 4) is 11.5 Å². The van der Waals surface area contributed by atoms with Crippen LogP contribution in [-0.2, 0) is 12.8 Å². The molecule has 2 aromatic rings. The molecule has 6 nitrogen and oxygen atoms in total. The number of hydrogen-bond acceptors (Lipinski definition) is 6. The Bertz CT molecular complexity index is 1030. The van der Waals surface area contributed by atoms with Crippen LogP contribution in [0.2, 0.25) is 0 Å². The van der Waals surface area contributed by atoms with E-state index >= 15 is 0 Å². The minimum absolute atomic E-state index is 0.129. The van der Waals surface area contributed by atoms with Crippen LogP contribution >= 0.6 is 0 Å². The maximum atomic E-state index is 13.3. The zero-order chi connectivity index (χ0) is 22.2. The molecule has 0 heterocycles. The van der Waals surface area contributed by atoms with Crippen LogP contribution in [0.5, 0.6) is 11.5 Å². The monoisotopic (exact) mass is 424 g/mol. The summed E-state index contributed by atoms with van der Waals surface area (Å²) in [5, 5.41) is 21.4. The molecule has 6 heteroatoms. The smallest absolute Gasteiger partial charge is 0.194 e. The van der Waals surface area contributed by atoms with Gasteiger partial charge in [0.05, 0.1) is 26.2 Å². The number of fused-ring (bicyclic) bond motifs is 2. The third kappa shape index (κ3) is 3.64. The number of carbonyl (C=O) groups is 2. The van der Waals surface area contributed by atoms with Gasteiger partial charge in [0.1, 0.15) is 17.1 Å². The van der Waals surface area contributed by atoms with Crippen molar-refractivity contribution >= 4 is 11.6 Å². The molecule has 2 atom stereocenters. The second-order valence-corrected chi connectivity index (χ2v) is 8.67. The topological polar surface area (TPSA) is 93.1 Å². The highest BCUT2D eigenvalue weighted by molar-refractivity contribution is 6.05. The van der Waals surface area contributed by atoms with Crippen LogP contribution in [0.4, 0.5) is 0 Å². The van der Waals surface area contributed by atoms with Crippen molar-refractivity contribution in [2.45, 2.75) is 44.1 Å². The summed E-state index contributed by atoms with van der Waals surface area (Å²) in [5.74, 6) is 0.925. The predicted molar refractivity (Wildman–Crippen MR) is 115 cm³/mol. The van der Waals surface area contributed by atoms with Gasteiger partial charge in [-0.25, -0.2) is 0 Å². The maximum Gasteiger partial charge on any atom is 0.194 e. The van der Waals surface area contributed by atoms with E-state index in [4.69, 9.17) is 9.47 Å². The molecule has 0 bridgehead atoms. The Morgan fingerprint density at radius 2 is 1.39 bits per heavy atom. The summed E-state index contributed by atoms with van der Waals surface area (Å²) >= 11 is 0. The molecule has 0 saturated heterocycles. The second-order valence-electron chi connectivity index (χ2n) is 8.67. The molecule has 2 aliphatic carbocycles. The van der Waals surface area contributed by atoms with Crippen molar-refractivity contribution in [1.82, 2.24) is 0 Å². The van der Waals surface area contributed by atoms with Crippen molar-refractivity contribution < 1.29 is 29.3 Å². The van der Waals surface area contributed by atoms with E-state index in [1.165, 1.54) is 0 Å². The molecule has 0 amide bonds. The van der Waals surface area contributed by atoms with Gasteiger partial charge in [0, 0.05) is 11.1 Å². The number of aliphatic hydroxyl groups is 2. The van der Waals surface area contributed by atoms with Crippen LogP contribution in [0.25, 0.3) is 0 Å². The van der Waals surface area contributed by atoms with Gasteiger partial charge in [-0.1, -0.05) is 0 Å². The summed E-state index contributed by atoms with van der Waals surface area (Å²) in [7, 11) is 3.16. The fourth-order valence-corrected chi connectivity index (χ4v) is 4.88. The lowest BCUT2D eigenvalue weighted by atomic mass is 9.66. The molecule has 0 unspecified atom stereocenters. The number of rotatable bonds is 6. The lowest BCUT2D eigenvalue weighted by molar-refractivity contribution is 0.00525. The largest absolute Gasteiger partial charge is 0.497 e. The number of methoxy groups -OCH3 is 2. The fraction of sp³-hybridized carbons (Fsp3) is 0.440. The molecule has 4 rings (SSSR count). The Hall–Kier alpha value is -2.70. The van der Waals surface area contributed by atoms with Crippen molar-refractivity contribution in [2.24, 2.45) is 5.41 Å². The van der Waals surface area contributed by atoms with Gasteiger partial charge in [-0.3, -0.25) is 9.59 Å². The second kappa shape index (κ2) is 8.09. The Balaban J connectivity index is 1.55. The van der Waals surface area contributed by atoms with E-state index in [1.807, 2.05) is 12.1 Å². The van der Waals surface area contributed by atoms with Crippen molar-refractivity contribution in [3.63, 3.8) is 0 Å². The molecule has 0 spiro atoms. The summed E-state index contributed by atoms with van der Waals surface area (Å²) in [6.07, 6.45) is 2.33. The SMILES string of the molecule is COc1ccc2c(c1)CC[C@](O)(CC[C@]1(CO)CCc3cc(OC)ccc3C1=O)C2=O. The molecular weight excluding hydrogens is 396 g/mol. The molecule has 0 saturated carbocycles. The van der Waals surface area contributed by atoms with Crippen LogP contribution in [0.3, 0.4) is 0 Å². The van der Waals surface area contributed by atoms with E-state index in [0.717, 1.165) is 11.1 Å². The summed E-state index contributed by atoms with van der Waals surface area (Å²) in [5.41, 5.74) is 0.328. The van der Waals surface area contributed by atoms with E-state index in [9.17, 15) is 19.8 Å². The first kappa shape index (κ1) is 21.5. The number of benzene rings is 2. The van der Waals surface area contributed by atoms with E-state index in [0.29, 0.717) is 41.9 Å². The minimum Gasteiger partial charge on any atom is -0.497 e. The van der Waals surface area contributed by atoms with Gasteiger partial charge >= 0.3 is 0 Å². The molecule has 2 N–H and O–H groups in total. The number of Topliss-reactive ketones (excluding diaryl/α,β-unsaturated/α-hetero) is 2.